The minimum atomic E-state index is -1.35. The molecule has 4 heteroatoms. The van der Waals surface area contributed by atoms with E-state index in [1.165, 1.54) is 13.0 Å². The van der Waals surface area contributed by atoms with Gasteiger partial charge in [0.1, 0.15) is 12.2 Å². The molecule has 0 bridgehead atoms. The van der Waals surface area contributed by atoms with Crippen molar-refractivity contribution in [2.24, 2.45) is 11.8 Å². The van der Waals surface area contributed by atoms with Crippen molar-refractivity contribution >= 4 is 11.6 Å². The predicted octanol–water partition coefficient (Wildman–Crippen LogP) is 1.02. The van der Waals surface area contributed by atoms with Crippen molar-refractivity contribution < 1.29 is 19.8 Å². The summed E-state index contributed by atoms with van der Waals surface area (Å²) in [5.41, 5.74) is 0. The van der Waals surface area contributed by atoms with Crippen LogP contribution in [0.3, 0.4) is 0 Å². The molecule has 0 aliphatic heterocycles. The van der Waals surface area contributed by atoms with Crippen molar-refractivity contribution in [2.45, 2.75) is 38.9 Å². The number of allylic oxidation sites excluding steroid dienone is 3. The minimum absolute atomic E-state index is 0.327. The van der Waals surface area contributed by atoms with Gasteiger partial charge < -0.3 is 10.2 Å². The molecule has 0 saturated heterocycles. The summed E-state index contributed by atoms with van der Waals surface area (Å²) in [6.45, 7) is 3.39. The normalized spacial score (nSPS) is 29.8. The van der Waals surface area contributed by atoms with Gasteiger partial charge in [0, 0.05) is 5.92 Å². The number of rotatable bonds is 5. The second-order valence-electron chi connectivity index (χ2n) is 4.60. The SMILES string of the molecule is CCCC=CC1C=CC(=O)C(O)C1C(=O)C(C)O. The average molecular weight is 252 g/mol. The largest absolute Gasteiger partial charge is 0.386 e. The maximum atomic E-state index is 11.9. The van der Waals surface area contributed by atoms with Crippen LogP contribution in [0.2, 0.25) is 0 Å². The second-order valence-corrected chi connectivity index (χ2v) is 4.60. The molecule has 100 valence electrons. The van der Waals surface area contributed by atoms with Crippen LogP contribution < -0.4 is 0 Å². The van der Waals surface area contributed by atoms with E-state index in [0.717, 1.165) is 12.8 Å². The van der Waals surface area contributed by atoms with E-state index in [1.54, 1.807) is 6.08 Å². The van der Waals surface area contributed by atoms with Gasteiger partial charge in [-0.1, -0.05) is 31.6 Å². The monoisotopic (exact) mass is 252 g/mol. The lowest BCUT2D eigenvalue weighted by molar-refractivity contribution is -0.141. The molecule has 0 amide bonds. The summed E-state index contributed by atoms with van der Waals surface area (Å²) in [6, 6.07) is 0. The lowest BCUT2D eigenvalue weighted by atomic mass is 9.77. The molecule has 4 unspecified atom stereocenters. The number of carbonyl (C=O) groups is 2. The first-order valence-corrected chi connectivity index (χ1v) is 6.27. The Hall–Kier alpha value is -1.26. The van der Waals surface area contributed by atoms with Gasteiger partial charge in [0.2, 0.25) is 0 Å². The van der Waals surface area contributed by atoms with Crippen molar-refractivity contribution in [1.82, 2.24) is 0 Å². The van der Waals surface area contributed by atoms with Gasteiger partial charge in [0.25, 0.3) is 0 Å². The van der Waals surface area contributed by atoms with Crippen molar-refractivity contribution in [1.29, 1.82) is 0 Å². The summed E-state index contributed by atoms with van der Waals surface area (Å²) in [5, 5.41) is 19.2. The Morgan fingerprint density at radius 3 is 2.78 bits per heavy atom. The van der Waals surface area contributed by atoms with Gasteiger partial charge >= 0.3 is 0 Å². The van der Waals surface area contributed by atoms with Gasteiger partial charge in [-0.15, -0.1) is 0 Å². The van der Waals surface area contributed by atoms with Gasteiger partial charge in [-0.2, -0.15) is 0 Å². The molecule has 0 aromatic rings. The van der Waals surface area contributed by atoms with Crippen LogP contribution in [0.25, 0.3) is 0 Å². The molecule has 4 nitrogen and oxygen atoms in total. The number of Topliss-reactive ketones (excluding diaryl/α,β-unsaturated/α-hetero) is 1. The molecule has 0 spiro atoms. The average Bonchev–Trinajstić information content (AvgIpc) is 2.33. The third-order valence-corrected chi connectivity index (χ3v) is 3.08. The van der Waals surface area contributed by atoms with E-state index in [4.69, 9.17) is 0 Å². The third kappa shape index (κ3) is 3.37. The standard InChI is InChI=1S/C14H20O4/c1-3-4-5-6-10-7-8-11(16)14(18)12(10)13(17)9(2)15/h5-10,12,14-15,18H,3-4H2,1-2H3. The molecule has 1 aliphatic rings. The van der Waals surface area contributed by atoms with E-state index in [-0.39, 0.29) is 5.92 Å². The summed E-state index contributed by atoms with van der Waals surface area (Å²) in [6.07, 6.45) is 6.01. The highest BCUT2D eigenvalue weighted by Crippen LogP contribution is 2.27. The summed E-state index contributed by atoms with van der Waals surface area (Å²) in [4.78, 5) is 23.3. The molecule has 0 fully saturated rings. The second kappa shape index (κ2) is 6.61. The predicted molar refractivity (Wildman–Crippen MR) is 67.9 cm³/mol. The Bertz CT molecular complexity index is 368. The van der Waals surface area contributed by atoms with Crippen LogP contribution in [0.4, 0.5) is 0 Å². The molecule has 2 N–H and O–H groups in total. The van der Waals surface area contributed by atoms with Crippen molar-refractivity contribution in [3.8, 4) is 0 Å². The summed E-state index contributed by atoms with van der Waals surface area (Å²) >= 11 is 0. The first-order valence-electron chi connectivity index (χ1n) is 6.27. The Balaban J connectivity index is 2.94. The zero-order valence-electron chi connectivity index (χ0n) is 10.7. The molecule has 1 aliphatic carbocycles. The number of carbonyl (C=O) groups excluding carboxylic acids is 2. The van der Waals surface area contributed by atoms with E-state index in [0.29, 0.717) is 0 Å². The Morgan fingerprint density at radius 1 is 1.56 bits per heavy atom. The van der Waals surface area contributed by atoms with Gasteiger partial charge in [0.15, 0.2) is 11.6 Å². The number of hydrogen-bond acceptors (Lipinski definition) is 4. The molecular weight excluding hydrogens is 232 g/mol. The van der Waals surface area contributed by atoms with Crippen LogP contribution >= 0.6 is 0 Å². The van der Waals surface area contributed by atoms with E-state index in [2.05, 4.69) is 0 Å². The molecule has 0 saturated carbocycles. The third-order valence-electron chi connectivity index (χ3n) is 3.08. The summed E-state index contributed by atoms with van der Waals surface area (Å²) in [5.74, 6) is -2.18. The molecule has 0 aromatic heterocycles. The zero-order valence-corrected chi connectivity index (χ0v) is 10.7. The molecule has 1 rings (SSSR count). The number of ketones is 2. The fourth-order valence-electron chi connectivity index (χ4n) is 2.04. The van der Waals surface area contributed by atoms with E-state index >= 15 is 0 Å². The maximum absolute atomic E-state index is 11.9. The highest BCUT2D eigenvalue weighted by atomic mass is 16.3. The van der Waals surface area contributed by atoms with Crippen molar-refractivity contribution in [3.63, 3.8) is 0 Å². The van der Waals surface area contributed by atoms with Gasteiger partial charge in [-0.25, -0.2) is 0 Å². The first-order chi connectivity index (χ1) is 8.49. The van der Waals surface area contributed by atoms with Crippen LogP contribution in [0, 0.1) is 11.8 Å². The molecule has 4 atom stereocenters. The lowest BCUT2D eigenvalue weighted by Crippen LogP contribution is -2.44. The van der Waals surface area contributed by atoms with Crippen LogP contribution in [0.1, 0.15) is 26.7 Å². The summed E-state index contributed by atoms with van der Waals surface area (Å²) < 4.78 is 0. The molecular formula is C14H20O4. The molecule has 0 radical (unpaired) electrons. The lowest BCUT2D eigenvalue weighted by Gasteiger charge is -2.28. The van der Waals surface area contributed by atoms with Gasteiger partial charge in [-0.3, -0.25) is 9.59 Å². The first kappa shape index (κ1) is 14.8. The van der Waals surface area contributed by atoms with Gasteiger partial charge in [-0.05, 0) is 19.4 Å². The number of aliphatic hydroxyl groups excluding tert-OH is 2. The van der Waals surface area contributed by atoms with Crippen LogP contribution in [-0.2, 0) is 9.59 Å². The number of unbranched alkanes of at least 4 members (excludes halogenated alkanes) is 1. The van der Waals surface area contributed by atoms with Crippen LogP contribution in [0.15, 0.2) is 24.3 Å². The zero-order chi connectivity index (χ0) is 13.7. The topological polar surface area (TPSA) is 74.6 Å². The maximum Gasteiger partial charge on any atom is 0.184 e. The van der Waals surface area contributed by atoms with Crippen LogP contribution in [0.5, 0.6) is 0 Å². The molecule has 18 heavy (non-hydrogen) atoms. The quantitative estimate of drug-likeness (QED) is 0.716. The van der Waals surface area contributed by atoms with Crippen molar-refractivity contribution in [3.05, 3.63) is 24.3 Å². The fourth-order valence-corrected chi connectivity index (χ4v) is 2.04. The molecule has 0 aromatic carbocycles. The number of hydrogen-bond donors (Lipinski definition) is 2. The smallest absolute Gasteiger partial charge is 0.184 e. The van der Waals surface area contributed by atoms with Crippen molar-refractivity contribution in [2.75, 3.05) is 0 Å². The Kier molecular flexibility index (Phi) is 5.44. The number of aliphatic hydroxyl groups is 2. The van der Waals surface area contributed by atoms with Gasteiger partial charge in [0.05, 0.1) is 5.92 Å². The summed E-state index contributed by atoms with van der Waals surface area (Å²) in [7, 11) is 0. The highest BCUT2D eigenvalue weighted by molar-refractivity contribution is 6.00. The Morgan fingerprint density at radius 2 is 2.22 bits per heavy atom. The minimum Gasteiger partial charge on any atom is -0.386 e. The highest BCUT2D eigenvalue weighted by Gasteiger charge is 2.39. The Labute approximate surface area is 107 Å². The van der Waals surface area contributed by atoms with E-state index in [9.17, 15) is 19.8 Å². The van der Waals surface area contributed by atoms with E-state index < -0.39 is 29.7 Å². The fraction of sp³-hybridized carbons (Fsp3) is 0.571. The molecule has 0 heterocycles. The van der Waals surface area contributed by atoms with E-state index in [1.807, 2.05) is 19.1 Å². The van der Waals surface area contributed by atoms with Crippen LogP contribution in [-0.4, -0.2) is 34.0 Å².